The maximum Gasteiger partial charge on any atom is 0.134 e. The van der Waals surface area contributed by atoms with Crippen molar-refractivity contribution < 1.29 is 9.52 Å². The van der Waals surface area contributed by atoms with Gasteiger partial charge in [0.1, 0.15) is 11.5 Å². The molecule has 0 aliphatic rings. The molecule has 19 heavy (non-hydrogen) atoms. The second-order valence-corrected chi connectivity index (χ2v) is 5.12. The van der Waals surface area contributed by atoms with Crippen LogP contribution in [0.5, 0.6) is 0 Å². The predicted molar refractivity (Wildman–Crippen MR) is 77.3 cm³/mol. The molecule has 1 aromatic heterocycles. The van der Waals surface area contributed by atoms with Crippen LogP contribution in [-0.4, -0.2) is 17.8 Å². The molecular formula is C15H18ClNO2. The highest BCUT2D eigenvalue weighted by molar-refractivity contribution is 6.31. The van der Waals surface area contributed by atoms with Crippen LogP contribution in [0.1, 0.15) is 18.2 Å². The highest BCUT2D eigenvalue weighted by Gasteiger charge is 2.06. The van der Waals surface area contributed by atoms with Gasteiger partial charge in [0.05, 0.1) is 12.6 Å². The number of hydrogen-bond acceptors (Lipinski definition) is 3. The molecule has 2 aromatic rings. The number of aliphatic hydroxyl groups is 1. The minimum Gasteiger partial charge on any atom is -0.460 e. The molecule has 102 valence electrons. The number of aliphatic hydroxyl groups excluding tert-OH is 1. The van der Waals surface area contributed by atoms with Gasteiger partial charge in [0.15, 0.2) is 0 Å². The zero-order valence-corrected chi connectivity index (χ0v) is 11.9. The lowest BCUT2D eigenvalue weighted by atomic mass is 10.1. The van der Waals surface area contributed by atoms with Crippen LogP contribution in [0.4, 0.5) is 0 Å². The topological polar surface area (TPSA) is 45.4 Å². The molecule has 0 saturated carbocycles. The van der Waals surface area contributed by atoms with Crippen molar-refractivity contribution in [3.05, 3.63) is 46.7 Å². The summed E-state index contributed by atoms with van der Waals surface area (Å²) in [5, 5.41) is 13.0. The Hall–Kier alpha value is -1.29. The fourth-order valence-electron chi connectivity index (χ4n) is 1.78. The Morgan fingerprint density at radius 1 is 1.32 bits per heavy atom. The third-order valence-electron chi connectivity index (χ3n) is 2.86. The van der Waals surface area contributed by atoms with Crippen LogP contribution in [0.25, 0.3) is 11.3 Å². The van der Waals surface area contributed by atoms with Crippen molar-refractivity contribution in [3.8, 4) is 11.3 Å². The van der Waals surface area contributed by atoms with Crippen molar-refractivity contribution in [1.29, 1.82) is 0 Å². The average Bonchev–Trinajstić information content (AvgIpc) is 2.81. The van der Waals surface area contributed by atoms with Crippen molar-refractivity contribution >= 4 is 11.6 Å². The molecule has 1 aromatic carbocycles. The van der Waals surface area contributed by atoms with Gasteiger partial charge in [-0.2, -0.15) is 0 Å². The molecular weight excluding hydrogens is 262 g/mol. The third-order valence-corrected chi connectivity index (χ3v) is 3.26. The van der Waals surface area contributed by atoms with Crippen LogP contribution >= 0.6 is 11.6 Å². The van der Waals surface area contributed by atoms with Crippen LogP contribution in [0, 0.1) is 6.92 Å². The molecule has 2 N–H and O–H groups in total. The first kappa shape index (κ1) is 14.1. The normalized spacial score (nSPS) is 12.6. The summed E-state index contributed by atoms with van der Waals surface area (Å²) < 4.78 is 5.74. The van der Waals surface area contributed by atoms with Gasteiger partial charge in [-0.25, -0.2) is 0 Å². The second-order valence-electron chi connectivity index (χ2n) is 4.71. The van der Waals surface area contributed by atoms with Gasteiger partial charge in [-0.3, -0.25) is 0 Å². The molecule has 0 radical (unpaired) electrons. The number of hydrogen-bond donors (Lipinski definition) is 2. The number of benzene rings is 1. The van der Waals surface area contributed by atoms with E-state index < -0.39 is 0 Å². The van der Waals surface area contributed by atoms with E-state index in [4.69, 9.17) is 21.1 Å². The molecule has 3 nitrogen and oxygen atoms in total. The number of aryl methyl sites for hydroxylation is 1. The minimum absolute atomic E-state index is 0.356. The molecule has 0 aliphatic carbocycles. The largest absolute Gasteiger partial charge is 0.460 e. The summed E-state index contributed by atoms with van der Waals surface area (Å²) in [4.78, 5) is 0. The zero-order chi connectivity index (χ0) is 13.8. The fraction of sp³-hybridized carbons (Fsp3) is 0.333. The van der Waals surface area contributed by atoms with Gasteiger partial charge in [-0.15, -0.1) is 0 Å². The average molecular weight is 280 g/mol. The first-order chi connectivity index (χ1) is 9.06. The van der Waals surface area contributed by atoms with Crippen molar-refractivity contribution in [2.45, 2.75) is 26.5 Å². The van der Waals surface area contributed by atoms with Crippen LogP contribution < -0.4 is 5.32 Å². The summed E-state index contributed by atoms with van der Waals surface area (Å²) in [7, 11) is 0. The Balaban J connectivity index is 2.05. The maximum absolute atomic E-state index is 9.16. The van der Waals surface area contributed by atoms with Gasteiger partial charge >= 0.3 is 0 Å². The zero-order valence-electron chi connectivity index (χ0n) is 11.1. The predicted octanol–water partition coefficient (Wildman–Crippen LogP) is 3.38. The monoisotopic (exact) mass is 279 g/mol. The van der Waals surface area contributed by atoms with E-state index in [2.05, 4.69) is 5.32 Å². The van der Waals surface area contributed by atoms with Crippen LogP contribution in [0.15, 0.2) is 34.7 Å². The summed E-state index contributed by atoms with van der Waals surface area (Å²) in [6, 6.07) is 9.74. The summed E-state index contributed by atoms with van der Waals surface area (Å²) in [6.45, 7) is 4.87. The molecule has 2 rings (SSSR count). The van der Waals surface area contributed by atoms with Gasteiger partial charge in [0, 0.05) is 17.1 Å². The van der Waals surface area contributed by atoms with Crippen molar-refractivity contribution in [3.63, 3.8) is 0 Å². The smallest absolute Gasteiger partial charge is 0.134 e. The summed E-state index contributed by atoms with van der Waals surface area (Å²) >= 11 is 6.11. The molecule has 4 heteroatoms. The van der Waals surface area contributed by atoms with Crippen molar-refractivity contribution in [2.75, 3.05) is 6.54 Å². The highest BCUT2D eigenvalue weighted by Crippen LogP contribution is 2.26. The van der Waals surface area contributed by atoms with Gasteiger partial charge in [-0.05, 0) is 37.6 Å². The van der Waals surface area contributed by atoms with Crippen molar-refractivity contribution in [1.82, 2.24) is 5.32 Å². The molecule has 0 saturated heterocycles. The highest BCUT2D eigenvalue weighted by atomic mass is 35.5. The Bertz CT molecular complexity index is 549. The van der Waals surface area contributed by atoms with Crippen LogP contribution in [0.3, 0.4) is 0 Å². The first-order valence-electron chi connectivity index (χ1n) is 6.30. The van der Waals surface area contributed by atoms with Gasteiger partial charge in [0.2, 0.25) is 0 Å². The maximum atomic E-state index is 9.16. The Morgan fingerprint density at radius 2 is 2.11 bits per heavy atom. The molecule has 0 bridgehead atoms. The molecule has 1 atom stereocenters. The summed E-state index contributed by atoms with van der Waals surface area (Å²) in [6.07, 6.45) is -0.356. The Labute approximate surface area is 118 Å². The van der Waals surface area contributed by atoms with E-state index in [-0.39, 0.29) is 6.10 Å². The lowest BCUT2D eigenvalue weighted by Gasteiger charge is -2.04. The van der Waals surface area contributed by atoms with Crippen molar-refractivity contribution in [2.24, 2.45) is 0 Å². The van der Waals surface area contributed by atoms with E-state index in [0.717, 1.165) is 27.7 Å². The molecule has 0 spiro atoms. The van der Waals surface area contributed by atoms with E-state index in [0.29, 0.717) is 13.1 Å². The molecule has 0 fully saturated rings. The van der Waals surface area contributed by atoms with E-state index in [9.17, 15) is 0 Å². The van der Waals surface area contributed by atoms with Gasteiger partial charge < -0.3 is 14.8 Å². The first-order valence-corrected chi connectivity index (χ1v) is 6.68. The second kappa shape index (κ2) is 6.24. The standard InChI is InChI=1S/C15H18ClNO2/c1-10-3-4-12(7-14(10)16)15-6-5-13(19-15)9-17-8-11(2)18/h3-7,11,17-18H,8-9H2,1-2H3/t11-/m0/s1. The number of rotatable bonds is 5. The summed E-state index contributed by atoms with van der Waals surface area (Å²) in [5.74, 6) is 1.64. The van der Waals surface area contributed by atoms with E-state index in [1.807, 2.05) is 37.3 Å². The SMILES string of the molecule is Cc1ccc(-c2ccc(CNC[C@H](C)O)o2)cc1Cl. The van der Waals surface area contributed by atoms with Crippen LogP contribution in [0.2, 0.25) is 5.02 Å². The Kier molecular flexibility index (Phi) is 4.64. The van der Waals surface area contributed by atoms with Gasteiger partial charge in [0.25, 0.3) is 0 Å². The Morgan fingerprint density at radius 3 is 2.79 bits per heavy atom. The fourth-order valence-corrected chi connectivity index (χ4v) is 1.96. The van der Waals surface area contributed by atoms with E-state index in [1.54, 1.807) is 6.92 Å². The van der Waals surface area contributed by atoms with E-state index in [1.165, 1.54) is 0 Å². The molecule has 0 amide bonds. The quantitative estimate of drug-likeness (QED) is 0.882. The summed E-state index contributed by atoms with van der Waals surface area (Å²) in [5.41, 5.74) is 2.02. The lowest BCUT2D eigenvalue weighted by Crippen LogP contribution is -2.23. The van der Waals surface area contributed by atoms with Gasteiger partial charge in [-0.1, -0.05) is 23.7 Å². The molecule has 1 heterocycles. The number of furan rings is 1. The van der Waals surface area contributed by atoms with E-state index >= 15 is 0 Å². The van der Waals surface area contributed by atoms with Crippen LogP contribution in [-0.2, 0) is 6.54 Å². The third kappa shape index (κ3) is 3.83. The molecule has 0 aliphatic heterocycles. The number of halogens is 1. The minimum atomic E-state index is -0.356. The lowest BCUT2D eigenvalue weighted by molar-refractivity contribution is 0.190. The molecule has 0 unspecified atom stereocenters. The number of nitrogens with one attached hydrogen (secondary N) is 1.